The molecule has 0 aromatic heterocycles. The second-order valence-corrected chi connectivity index (χ2v) is 0. The third-order valence-electron chi connectivity index (χ3n) is 0. The Labute approximate surface area is 67.1 Å². The first kappa shape index (κ1) is 16.7. The van der Waals surface area contributed by atoms with Crippen molar-refractivity contribution in [3.63, 3.8) is 0 Å². The van der Waals surface area contributed by atoms with Gasteiger partial charge in [0.25, 0.3) is 0 Å². The molecule has 0 aliphatic rings. The van der Waals surface area contributed by atoms with Gasteiger partial charge >= 0.3 is 24.9 Å². The van der Waals surface area contributed by atoms with Crippen molar-refractivity contribution in [3.05, 3.63) is 0 Å². The van der Waals surface area contributed by atoms with Crippen molar-refractivity contribution < 1.29 is 19.9 Å². The van der Waals surface area contributed by atoms with Crippen molar-refractivity contribution in [2.24, 2.45) is 0 Å². The topological polar surface area (TPSA) is 31.5 Å². The third kappa shape index (κ3) is 9.03. The molecule has 0 fully saturated rings. The Balaban J connectivity index is -0.00000000500. The van der Waals surface area contributed by atoms with E-state index in [4.69, 9.17) is 0 Å². The summed E-state index contributed by atoms with van der Waals surface area (Å²) in [7, 11) is 3.83. The molecule has 0 atom stereocenters. The molecule has 0 aliphatic carbocycles. The summed E-state index contributed by atoms with van der Waals surface area (Å²) in [4.78, 5) is 0. The van der Waals surface area contributed by atoms with Crippen molar-refractivity contribution >= 4 is 48.3 Å². The van der Waals surface area contributed by atoms with Gasteiger partial charge in [0.05, 0.1) is 0 Å². The number of hydrogen-bond donors (Lipinski definition) is 0. The zero-order chi connectivity index (χ0) is 2.00. The molecule has 0 heterocycles. The molecule has 1 nitrogen and oxygen atoms in total. The Morgan fingerprint density at radius 1 is 1.25 bits per heavy atom. The Morgan fingerprint density at radius 2 is 1.25 bits per heavy atom. The normalized spacial score (nSPS) is 1.25. The molecule has 4 heteroatoms. The molecule has 24 valence electrons. The molecule has 0 aliphatic heterocycles. The van der Waals surface area contributed by atoms with E-state index in [-0.39, 0.29) is 43.2 Å². The molecule has 0 bridgehead atoms. The van der Waals surface area contributed by atoms with Crippen molar-refractivity contribution in [3.8, 4) is 0 Å². The first-order valence-corrected chi connectivity index (χ1v) is 1.79. The minimum atomic E-state index is 0. The van der Waals surface area contributed by atoms with Gasteiger partial charge in [0, 0.05) is 37.7 Å². The Bertz CT molecular complexity index is 8.00. The number of rotatable bonds is 0. The van der Waals surface area contributed by atoms with Crippen LogP contribution < -0.4 is 0 Å². The molecule has 4 heavy (non-hydrogen) atoms. The van der Waals surface area contributed by atoms with Crippen LogP contribution in [0.2, 0.25) is 0 Å². The van der Waals surface area contributed by atoms with Gasteiger partial charge in [-0.25, -0.2) is 0 Å². The molecule has 2 N–H and O–H groups in total. The van der Waals surface area contributed by atoms with Gasteiger partial charge in [-0.2, -0.15) is 0 Å². The molecule has 0 saturated carbocycles. The monoisotopic (exact) mass is 146 g/mol. The summed E-state index contributed by atoms with van der Waals surface area (Å²) in [6.45, 7) is 0. The first-order chi connectivity index (χ1) is 1.00. The van der Waals surface area contributed by atoms with Crippen molar-refractivity contribution in [2.45, 2.75) is 0 Å². The van der Waals surface area contributed by atoms with E-state index in [9.17, 15) is 0 Å². The summed E-state index contributed by atoms with van der Waals surface area (Å²) >= 11 is 2.83. The standard InChI is InChI=1S/Ca.Fe.H2O.S/h;;1H2;. The average molecular weight is 146 g/mol. The third-order valence-corrected chi connectivity index (χ3v) is 0. The van der Waals surface area contributed by atoms with Gasteiger partial charge < -0.3 is 5.48 Å². The summed E-state index contributed by atoms with van der Waals surface area (Å²) in [5.41, 5.74) is 0. The molecule has 0 rings (SSSR count). The van der Waals surface area contributed by atoms with Gasteiger partial charge in [-0.1, -0.05) is 0 Å². The molecule has 0 amide bonds. The Hall–Kier alpha value is 1.96. The zero-order valence-electron chi connectivity index (χ0n) is 1.97. The fraction of sp³-hybridized carbons (Fsp3) is 0. The maximum absolute atomic E-state index is 3.83. The summed E-state index contributed by atoms with van der Waals surface area (Å²) in [6.07, 6.45) is 0. The van der Waals surface area contributed by atoms with Gasteiger partial charge in [-0.15, -0.1) is 0 Å². The van der Waals surface area contributed by atoms with Crippen LogP contribution in [0.1, 0.15) is 0 Å². The van der Waals surface area contributed by atoms with Crippen LogP contribution in [0.4, 0.5) is 0 Å². The molecular weight excluding hydrogens is 144 g/mol. The first-order valence-electron chi connectivity index (χ1n) is 0.144. The van der Waals surface area contributed by atoms with Crippen LogP contribution in [-0.2, 0) is 14.4 Å². The Kier molecular flexibility index (Phi) is 84.7. The van der Waals surface area contributed by atoms with E-state index in [2.05, 4.69) is 24.9 Å². The molecule has 0 aromatic carbocycles. The fourth-order valence-electron chi connectivity index (χ4n) is 0. The van der Waals surface area contributed by atoms with E-state index < -0.39 is 0 Å². The fourth-order valence-corrected chi connectivity index (χ4v) is 0. The Morgan fingerprint density at radius 3 is 1.25 bits per heavy atom. The number of hydrogen-bond acceptors (Lipinski definition) is 1. The molecule has 0 aromatic rings. The van der Waals surface area contributed by atoms with Gasteiger partial charge in [0.2, 0.25) is 0 Å². The van der Waals surface area contributed by atoms with Crippen LogP contribution in [0.25, 0.3) is 0 Å². The van der Waals surface area contributed by atoms with Crippen molar-refractivity contribution in [1.82, 2.24) is 0 Å². The van der Waals surface area contributed by atoms with Crippen LogP contribution >= 0.6 is 10.6 Å². The van der Waals surface area contributed by atoms with E-state index in [1.165, 1.54) is 0 Å². The molecule has 2 radical (unpaired) electrons. The minimum absolute atomic E-state index is 0. The van der Waals surface area contributed by atoms with E-state index >= 15 is 0 Å². The van der Waals surface area contributed by atoms with Crippen LogP contribution in [0.3, 0.4) is 0 Å². The molecular formula is H2CaFeOS. The predicted octanol–water partition coefficient (Wildman–Crippen LogP) is -0.560. The molecule has 0 spiro atoms. The van der Waals surface area contributed by atoms with E-state index in [1.54, 1.807) is 0 Å². The summed E-state index contributed by atoms with van der Waals surface area (Å²) < 4.78 is 0. The van der Waals surface area contributed by atoms with Gasteiger partial charge in [-0.3, -0.25) is 0 Å². The van der Waals surface area contributed by atoms with E-state index in [0.717, 1.165) is 0 Å². The SMILES string of the molecule is O.[Ca].[S]=[Fe]. The second kappa shape index (κ2) is 20.3. The second-order valence-electron chi connectivity index (χ2n) is 0. The van der Waals surface area contributed by atoms with E-state index in [1.807, 2.05) is 0 Å². The molecule has 0 unspecified atom stereocenters. The average Bonchev–Trinajstić information content (AvgIpc) is 1.00. The summed E-state index contributed by atoms with van der Waals surface area (Å²) in [6, 6.07) is 0. The van der Waals surface area contributed by atoms with Crippen LogP contribution in [0.5, 0.6) is 0 Å². The van der Waals surface area contributed by atoms with Gasteiger partial charge in [0.1, 0.15) is 0 Å². The van der Waals surface area contributed by atoms with Gasteiger partial charge in [-0.05, 0) is 0 Å². The quantitative estimate of drug-likeness (QED) is 0.421. The van der Waals surface area contributed by atoms with Crippen LogP contribution in [-0.4, -0.2) is 43.2 Å². The summed E-state index contributed by atoms with van der Waals surface area (Å²) in [5, 5.41) is 0. The molecule has 0 saturated heterocycles. The summed E-state index contributed by atoms with van der Waals surface area (Å²) in [5.74, 6) is 0. The van der Waals surface area contributed by atoms with Crippen LogP contribution in [0.15, 0.2) is 0 Å². The maximum atomic E-state index is 3.83. The zero-order valence-corrected chi connectivity index (χ0v) is 6.10. The van der Waals surface area contributed by atoms with Crippen molar-refractivity contribution in [1.29, 1.82) is 0 Å². The van der Waals surface area contributed by atoms with Crippen molar-refractivity contribution in [2.75, 3.05) is 0 Å². The predicted molar refractivity (Wildman–Crippen MR) is 17.0 cm³/mol. The van der Waals surface area contributed by atoms with Gasteiger partial charge in [0.15, 0.2) is 0 Å². The van der Waals surface area contributed by atoms with Crippen LogP contribution in [0, 0.1) is 0 Å². The van der Waals surface area contributed by atoms with E-state index in [0.29, 0.717) is 0 Å².